The monoisotopic (exact) mass is 303 g/mol. The Morgan fingerprint density at radius 1 is 1.04 bits per heavy atom. The van der Waals surface area contributed by atoms with Crippen LogP contribution in [-0.4, -0.2) is 11.8 Å². The number of hydrogen-bond acceptors (Lipinski definition) is 3. The van der Waals surface area contributed by atoms with Crippen LogP contribution in [0.5, 0.6) is 0 Å². The lowest BCUT2D eigenvalue weighted by Gasteiger charge is -2.07. The van der Waals surface area contributed by atoms with Gasteiger partial charge in [0.25, 0.3) is 11.8 Å². The van der Waals surface area contributed by atoms with Gasteiger partial charge < -0.3 is 10.6 Å². The predicted octanol–water partition coefficient (Wildman–Crippen LogP) is 1.98. The maximum absolute atomic E-state index is 12.3. The molecule has 2 aromatic carbocycles. The zero-order chi connectivity index (χ0) is 16.2. The van der Waals surface area contributed by atoms with Gasteiger partial charge in [-0.05, 0) is 11.6 Å². The number of nitriles is 1. The van der Waals surface area contributed by atoms with Crippen LogP contribution in [0.1, 0.15) is 21.5 Å². The van der Waals surface area contributed by atoms with E-state index in [4.69, 9.17) is 0 Å². The second-order valence-corrected chi connectivity index (χ2v) is 5.03. The van der Waals surface area contributed by atoms with E-state index in [0.29, 0.717) is 17.7 Å². The molecule has 1 heterocycles. The number of carbonyl (C=O) groups is 2. The first kappa shape index (κ1) is 14.5. The van der Waals surface area contributed by atoms with E-state index in [2.05, 4.69) is 10.6 Å². The van der Waals surface area contributed by atoms with Gasteiger partial charge >= 0.3 is 0 Å². The molecule has 0 unspecified atom stereocenters. The third kappa shape index (κ3) is 2.83. The molecule has 0 aromatic heterocycles. The Bertz CT molecular complexity index is 848. The Morgan fingerprint density at radius 2 is 1.70 bits per heavy atom. The van der Waals surface area contributed by atoms with Crippen LogP contribution in [0.2, 0.25) is 0 Å². The lowest BCUT2D eigenvalue weighted by Crippen LogP contribution is -2.26. The van der Waals surface area contributed by atoms with E-state index < -0.39 is 5.91 Å². The minimum Gasteiger partial charge on any atom is -0.347 e. The summed E-state index contributed by atoms with van der Waals surface area (Å²) in [6.45, 7) is 0.313. The van der Waals surface area contributed by atoms with Crippen molar-refractivity contribution in [3.63, 3.8) is 0 Å². The Hall–Kier alpha value is -3.39. The fraction of sp³-hybridized carbons (Fsp3) is 0.0556. The van der Waals surface area contributed by atoms with Crippen molar-refractivity contribution in [1.29, 1.82) is 5.26 Å². The number of hydrogen-bond donors (Lipinski definition) is 2. The van der Waals surface area contributed by atoms with Crippen molar-refractivity contribution in [1.82, 2.24) is 10.6 Å². The molecule has 0 saturated heterocycles. The Kier molecular flexibility index (Phi) is 3.89. The van der Waals surface area contributed by atoms with Gasteiger partial charge in [0, 0.05) is 17.7 Å². The molecule has 2 amide bonds. The third-order valence-electron chi connectivity index (χ3n) is 3.56. The molecule has 1 aliphatic heterocycles. The number of carbonyl (C=O) groups excluding carboxylic acids is 2. The number of nitrogens with one attached hydrogen (secondary N) is 2. The first-order valence-electron chi connectivity index (χ1n) is 7.08. The van der Waals surface area contributed by atoms with Gasteiger partial charge in [-0.15, -0.1) is 0 Å². The molecule has 2 aromatic rings. The molecule has 23 heavy (non-hydrogen) atoms. The minimum atomic E-state index is -0.511. The first-order valence-corrected chi connectivity index (χ1v) is 7.08. The van der Waals surface area contributed by atoms with Gasteiger partial charge in [-0.25, -0.2) is 0 Å². The van der Waals surface area contributed by atoms with Gasteiger partial charge in [-0.2, -0.15) is 5.26 Å². The average molecular weight is 303 g/mol. The first-order chi connectivity index (χ1) is 11.2. The summed E-state index contributed by atoms with van der Waals surface area (Å²) >= 11 is 0. The number of rotatable bonds is 3. The van der Waals surface area contributed by atoms with Crippen LogP contribution in [0.25, 0.3) is 5.70 Å². The summed E-state index contributed by atoms with van der Waals surface area (Å²) in [6, 6.07) is 18.2. The van der Waals surface area contributed by atoms with Crippen LogP contribution < -0.4 is 10.6 Å². The molecule has 0 spiro atoms. The second kappa shape index (κ2) is 6.16. The standard InChI is InChI=1S/C18H13N3O2/c19-10-15(17(22)20-11-12-6-2-1-3-7-12)16-13-8-4-5-9-14(13)18(23)21-16/h1-9H,11H2,(H,20,22)(H,21,23)/b16-15+. The molecule has 0 atom stereocenters. The fourth-order valence-electron chi connectivity index (χ4n) is 2.43. The zero-order valence-corrected chi connectivity index (χ0v) is 12.2. The highest BCUT2D eigenvalue weighted by Crippen LogP contribution is 2.26. The van der Waals surface area contributed by atoms with Crippen molar-refractivity contribution < 1.29 is 9.59 Å². The van der Waals surface area contributed by atoms with Crippen LogP contribution in [0.15, 0.2) is 60.2 Å². The van der Waals surface area contributed by atoms with Crippen LogP contribution in [0, 0.1) is 11.3 Å². The fourth-order valence-corrected chi connectivity index (χ4v) is 2.43. The molecule has 1 aliphatic rings. The van der Waals surface area contributed by atoms with E-state index in [1.165, 1.54) is 0 Å². The van der Waals surface area contributed by atoms with Gasteiger partial charge in [0.1, 0.15) is 11.6 Å². The second-order valence-electron chi connectivity index (χ2n) is 5.03. The molecule has 0 aliphatic carbocycles. The highest BCUT2D eigenvalue weighted by molar-refractivity contribution is 6.15. The molecular formula is C18H13N3O2. The molecule has 5 heteroatoms. The molecule has 3 rings (SSSR count). The van der Waals surface area contributed by atoms with Gasteiger partial charge in [-0.1, -0.05) is 48.5 Å². The summed E-state index contributed by atoms with van der Waals surface area (Å²) < 4.78 is 0. The van der Waals surface area contributed by atoms with Crippen LogP contribution in [0.3, 0.4) is 0 Å². The number of fused-ring (bicyclic) bond motifs is 1. The van der Waals surface area contributed by atoms with Gasteiger partial charge in [0.15, 0.2) is 0 Å². The summed E-state index contributed by atoms with van der Waals surface area (Å²) in [5, 5.41) is 14.7. The van der Waals surface area contributed by atoms with Crippen molar-refractivity contribution in [2.45, 2.75) is 6.54 Å². The van der Waals surface area contributed by atoms with Crippen molar-refractivity contribution in [3.8, 4) is 6.07 Å². The van der Waals surface area contributed by atoms with Crippen LogP contribution in [0.4, 0.5) is 0 Å². The van der Waals surface area contributed by atoms with Crippen molar-refractivity contribution in [2.75, 3.05) is 0 Å². The van der Waals surface area contributed by atoms with E-state index in [-0.39, 0.29) is 17.2 Å². The van der Waals surface area contributed by atoms with Gasteiger partial charge in [0.2, 0.25) is 0 Å². The lowest BCUT2D eigenvalue weighted by atomic mass is 10.0. The smallest absolute Gasteiger partial charge is 0.264 e. The quantitative estimate of drug-likeness (QED) is 0.672. The van der Waals surface area contributed by atoms with Crippen molar-refractivity contribution >= 4 is 17.5 Å². The molecule has 5 nitrogen and oxygen atoms in total. The molecule has 0 fully saturated rings. The topological polar surface area (TPSA) is 82.0 Å². The summed E-state index contributed by atoms with van der Waals surface area (Å²) in [5.41, 5.74) is 2.13. The van der Waals surface area contributed by atoms with Crippen molar-refractivity contribution in [3.05, 3.63) is 76.9 Å². The van der Waals surface area contributed by atoms with Gasteiger partial charge in [-0.3, -0.25) is 9.59 Å². The maximum atomic E-state index is 12.3. The lowest BCUT2D eigenvalue weighted by molar-refractivity contribution is -0.117. The highest BCUT2D eigenvalue weighted by atomic mass is 16.2. The molecule has 0 bridgehead atoms. The number of amides is 2. The third-order valence-corrected chi connectivity index (χ3v) is 3.56. The van der Waals surface area contributed by atoms with E-state index in [1.807, 2.05) is 36.4 Å². The maximum Gasteiger partial charge on any atom is 0.264 e. The van der Waals surface area contributed by atoms with E-state index in [1.54, 1.807) is 24.3 Å². The summed E-state index contributed by atoms with van der Waals surface area (Å²) in [7, 11) is 0. The van der Waals surface area contributed by atoms with E-state index in [0.717, 1.165) is 5.56 Å². The van der Waals surface area contributed by atoms with E-state index in [9.17, 15) is 14.9 Å². The van der Waals surface area contributed by atoms with Crippen molar-refractivity contribution in [2.24, 2.45) is 0 Å². The number of benzene rings is 2. The number of nitrogens with zero attached hydrogens (tertiary/aromatic N) is 1. The average Bonchev–Trinajstić information content (AvgIpc) is 2.92. The Labute approximate surface area is 133 Å². The molecular weight excluding hydrogens is 290 g/mol. The highest BCUT2D eigenvalue weighted by Gasteiger charge is 2.28. The molecule has 0 saturated carbocycles. The summed E-state index contributed by atoms with van der Waals surface area (Å²) in [6.07, 6.45) is 0. The Balaban J connectivity index is 1.87. The zero-order valence-electron chi connectivity index (χ0n) is 12.2. The normalized spacial score (nSPS) is 14.5. The minimum absolute atomic E-state index is 0.0979. The molecule has 112 valence electrons. The SMILES string of the molecule is N#C/C(C(=O)NCc1ccccc1)=C1\NC(=O)c2ccccc21. The predicted molar refractivity (Wildman–Crippen MR) is 84.7 cm³/mol. The molecule has 0 radical (unpaired) electrons. The van der Waals surface area contributed by atoms with Crippen LogP contribution in [-0.2, 0) is 11.3 Å². The largest absolute Gasteiger partial charge is 0.347 e. The van der Waals surface area contributed by atoms with Crippen LogP contribution >= 0.6 is 0 Å². The van der Waals surface area contributed by atoms with Gasteiger partial charge in [0.05, 0.1) is 5.70 Å². The van der Waals surface area contributed by atoms with E-state index >= 15 is 0 Å². The summed E-state index contributed by atoms with van der Waals surface area (Å²) in [4.78, 5) is 24.2. The Morgan fingerprint density at radius 3 is 2.39 bits per heavy atom. The summed E-state index contributed by atoms with van der Waals surface area (Å²) in [5.74, 6) is -0.817. The molecule has 2 N–H and O–H groups in total.